The van der Waals surface area contributed by atoms with Crippen LogP contribution in [-0.2, 0) is 0 Å². The topological polar surface area (TPSA) is 40.5 Å². The number of aliphatic hydroxyl groups is 2. The van der Waals surface area contributed by atoms with E-state index in [0.29, 0.717) is 17.3 Å². The van der Waals surface area contributed by atoms with Gasteiger partial charge in [0.2, 0.25) is 0 Å². The van der Waals surface area contributed by atoms with Crippen molar-refractivity contribution in [1.82, 2.24) is 0 Å². The summed E-state index contributed by atoms with van der Waals surface area (Å²) in [6, 6.07) is 0. The lowest BCUT2D eigenvalue weighted by Crippen LogP contribution is -2.55. The van der Waals surface area contributed by atoms with E-state index in [1.54, 1.807) is 0 Å². The van der Waals surface area contributed by atoms with Gasteiger partial charge < -0.3 is 10.2 Å². The molecule has 23 heavy (non-hydrogen) atoms. The molecule has 2 N–H and O–H groups in total. The molecule has 0 spiro atoms. The Balaban J connectivity index is 1.63. The highest BCUT2D eigenvalue weighted by Crippen LogP contribution is 2.67. The molecular weight excluding hydrogens is 284 g/mol. The standard InChI is InChI=1S/C21H32O2/c1-3-10-21-12-9-17-16(18(21)6-7-19(21)23)5-4-14-13-15(22)8-11-20(14,17)2/h1,14-19,22-23H,4-13H2,2H3/t14-,15+,16+,17-,18-,19?,20-,21-/m0/s1. The van der Waals surface area contributed by atoms with Crippen molar-refractivity contribution in [1.29, 1.82) is 0 Å². The normalized spacial score (nSPS) is 55.4. The van der Waals surface area contributed by atoms with Crippen LogP contribution >= 0.6 is 0 Å². The molecule has 4 rings (SSSR count). The van der Waals surface area contributed by atoms with E-state index in [4.69, 9.17) is 6.42 Å². The van der Waals surface area contributed by atoms with E-state index >= 15 is 0 Å². The Hall–Kier alpha value is -0.520. The molecule has 4 saturated carbocycles. The summed E-state index contributed by atoms with van der Waals surface area (Å²) in [5, 5.41) is 20.8. The van der Waals surface area contributed by atoms with Crippen molar-refractivity contribution < 1.29 is 10.2 Å². The highest BCUT2D eigenvalue weighted by Gasteiger charge is 2.61. The summed E-state index contributed by atoms with van der Waals surface area (Å²) in [5.74, 6) is 5.79. The largest absolute Gasteiger partial charge is 0.393 e. The molecule has 0 aromatic heterocycles. The molecule has 0 aliphatic heterocycles. The van der Waals surface area contributed by atoms with Crippen LogP contribution in [-0.4, -0.2) is 22.4 Å². The lowest BCUT2D eigenvalue weighted by molar-refractivity contribution is -0.137. The predicted molar refractivity (Wildman–Crippen MR) is 91.5 cm³/mol. The number of rotatable bonds is 1. The SMILES string of the molecule is C#CC[C@]12CC[C@H]3[C@@H](CC[C@H]4C[C@H](O)CC[C@@]43C)[C@@H]1CCC2O. The first-order chi connectivity index (χ1) is 11.0. The van der Waals surface area contributed by atoms with Crippen LogP contribution in [0, 0.1) is 46.8 Å². The van der Waals surface area contributed by atoms with Crippen molar-refractivity contribution in [3.8, 4) is 12.3 Å². The Morgan fingerprint density at radius 2 is 1.83 bits per heavy atom. The van der Waals surface area contributed by atoms with Gasteiger partial charge in [0.15, 0.2) is 0 Å². The van der Waals surface area contributed by atoms with Gasteiger partial charge in [0.1, 0.15) is 0 Å². The van der Waals surface area contributed by atoms with E-state index in [0.717, 1.165) is 43.9 Å². The molecule has 1 unspecified atom stereocenters. The van der Waals surface area contributed by atoms with Crippen LogP contribution in [0.25, 0.3) is 0 Å². The van der Waals surface area contributed by atoms with Gasteiger partial charge in [-0.3, -0.25) is 0 Å². The minimum Gasteiger partial charge on any atom is -0.393 e. The number of fused-ring (bicyclic) bond motifs is 5. The maximum Gasteiger partial charge on any atom is 0.0608 e. The smallest absolute Gasteiger partial charge is 0.0608 e. The Bertz CT molecular complexity index is 508. The number of hydrogen-bond donors (Lipinski definition) is 2. The fourth-order valence-corrected chi connectivity index (χ4v) is 7.55. The Morgan fingerprint density at radius 3 is 2.61 bits per heavy atom. The van der Waals surface area contributed by atoms with Gasteiger partial charge in [-0.1, -0.05) is 6.92 Å². The highest BCUT2D eigenvalue weighted by atomic mass is 16.3. The average molecular weight is 316 g/mol. The van der Waals surface area contributed by atoms with Gasteiger partial charge in [0, 0.05) is 11.8 Å². The molecule has 0 amide bonds. The third-order valence-corrected chi connectivity index (χ3v) is 8.74. The van der Waals surface area contributed by atoms with Crippen LogP contribution in [0.1, 0.15) is 71.1 Å². The molecule has 0 bridgehead atoms. The molecule has 0 aromatic rings. The quantitative estimate of drug-likeness (QED) is 0.723. The molecule has 0 saturated heterocycles. The van der Waals surface area contributed by atoms with Crippen LogP contribution in [0.3, 0.4) is 0 Å². The van der Waals surface area contributed by atoms with Crippen LogP contribution in [0.5, 0.6) is 0 Å². The molecule has 4 aliphatic rings. The van der Waals surface area contributed by atoms with Crippen LogP contribution in [0.2, 0.25) is 0 Å². The molecule has 0 aromatic carbocycles. The first kappa shape index (κ1) is 16.0. The minimum absolute atomic E-state index is 0.0211. The monoisotopic (exact) mass is 316 g/mol. The Morgan fingerprint density at radius 1 is 1.00 bits per heavy atom. The molecule has 0 heterocycles. The van der Waals surface area contributed by atoms with Crippen LogP contribution in [0.4, 0.5) is 0 Å². The fourth-order valence-electron chi connectivity index (χ4n) is 7.55. The number of terminal acetylenes is 1. The molecular formula is C21H32O2. The van der Waals surface area contributed by atoms with Gasteiger partial charge in [-0.2, -0.15) is 0 Å². The van der Waals surface area contributed by atoms with Crippen LogP contribution < -0.4 is 0 Å². The second kappa shape index (κ2) is 5.50. The summed E-state index contributed by atoms with van der Waals surface area (Å²) in [7, 11) is 0. The first-order valence-corrected chi connectivity index (χ1v) is 9.81. The molecule has 8 atom stereocenters. The zero-order valence-electron chi connectivity index (χ0n) is 14.5. The van der Waals surface area contributed by atoms with Crippen molar-refractivity contribution in [2.45, 2.75) is 83.3 Å². The Kier molecular flexibility index (Phi) is 3.82. The predicted octanol–water partition coefficient (Wildman–Crippen LogP) is 3.75. The second-order valence-corrected chi connectivity index (χ2v) is 9.33. The minimum atomic E-state index is -0.178. The summed E-state index contributed by atoms with van der Waals surface area (Å²) >= 11 is 0. The second-order valence-electron chi connectivity index (χ2n) is 9.33. The van der Waals surface area contributed by atoms with Gasteiger partial charge in [-0.25, -0.2) is 0 Å². The summed E-state index contributed by atoms with van der Waals surface area (Å²) in [4.78, 5) is 0. The van der Waals surface area contributed by atoms with Crippen molar-refractivity contribution >= 4 is 0 Å². The first-order valence-electron chi connectivity index (χ1n) is 9.81. The van der Waals surface area contributed by atoms with Crippen molar-refractivity contribution in [3.63, 3.8) is 0 Å². The molecule has 2 nitrogen and oxygen atoms in total. The van der Waals surface area contributed by atoms with Gasteiger partial charge in [0.25, 0.3) is 0 Å². The van der Waals surface area contributed by atoms with E-state index in [1.165, 1.54) is 32.1 Å². The van der Waals surface area contributed by atoms with Crippen molar-refractivity contribution in [3.05, 3.63) is 0 Å². The Labute approximate surface area is 141 Å². The van der Waals surface area contributed by atoms with Gasteiger partial charge in [-0.15, -0.1) is 12.3 Å². The van der Waals surface area contributed by atoms with E-state index < -0.39 is 0 Å². The molecule has 0 radical (unpaired) electrons. The van der Waals surface area contributed by atoms with E-state index in [2.05, 4.69) is 12.8 Å². The lowest BCUT2D eigenvalue weighted by Gasteiger charge is -2.61. The average Bonchev–Trinajstić information content (AvgIpc) is 2.86. The maximum atomic E-state index is 10.7. The number of aliphatic hydroxyl groups excluding tert-OH is 2. The van der Waals surface area contributed by atoms with Gasteiger partial charge in [0.05, 0.1) is 12.2 Å². The summed E-state index contributed by atoms with van der Waals surface area (Å²) < 4.78 is 0. The van der Waals surface area contributed by atoms with E-state index in [9.17, 15) is 10.2 Å². The zero-order valence-corrected chi connectivity index (χ0v) is 14.5. The maximum absolute atomic E-state index is 10.7. The third kappa shape index (κ3) is 2.16. The fraction of sp³-hybridized carbons (Fsp3) is 0.905. The molecule has 4 aliphatic carbocycles. The van der Waals surface area contributed by atoms with Crippen LogP contribution in [0.15, 0.2) is 0 Å². The zero-order chi connectivity index (χ0) is 16.2. The van der Waals surface area contributed by atoms with Crippen molar-refractivity contribution in [2.24, 2.45) is 34.5 Å². The number of hydrogen-bond acceptors (Lipinski definition) is 2. The summed E-state index contributed by atoms with van der Waals surface area (Å²) in [6.07, 6.45) is 16.5. The lowest BCUT2D eigenvalue weighted by atomic mass is 9.44. The highest BCUT2D eigenvalue weighted by molar-refractivity contribution is 5.13. The summed E-state index contributed by atoms with van der Waals surface area (Å²) in [6.45, 7) is 2.51. The molecule has 2 heteroatoms. The van der Waals surface area contributed by atoms with E-state index in [1.807, 2.05) is 0 Å². The summed E-state index contributed by atoms with van der Waals surface area (Å²) in [5.41, 5.74) is 0.436. The van der Waals surface area contributed by atoms with Gasteiger partial charge >= 0.3 is 0 Å². The van der Waals surface area contributed by atoms with Gasteiger partial charge in [-0.05, 0) is 86.9 Å². The third-order valence-electron chi connectivity index (χ3n) is 8.74. The van der Waals surface area contributed by atoms with Crippen molar-refractivity contribution in [2.75, 3.05) is 0 Å². The molecule has 4 fully saturated rings. The van der Waals surface area contributed by atoms with E-state index in [-0.39, 0.29) is 17.6 Å². The molecule has 128 valence electrons.